The van der Waals surface area contributed by atoms with Gasteiger partial charge in [-0.15, -0.1) is 0 Å². The molecule has 1 N–H and O–H groups in total. The van der Waals surface area contributed by atoms with Crippen LogP contribution in [0.2, 0.25) is 0 Å². The molecular weight excluding hydrogens is 412 g/mol. The molecule has 2 aromatic heterocycles. The maximum absolute atomic E-state index is 12.3. The van der Waals surface area contributed by atoms with Crippen molar-refractivity contribution in [1.82, 2.24) is 19.8 Å². The number of ether oxygens (including phenoxy) is 2. The average Bonchev–Trinajstić information content (AvgIpc) is 3.39. The number of carbonyl (C=O) groups excluding carboxylic acids is 1. The average molecular weight is 437 g/mol. The van der Waals surface area contributed by atoms with Gasteiger partial charge in [-0.1, -0.05) is 6.07 Å². The molecule has 0 radical (unpaired) electrons. The number of carbonyl (C=O) groups is 1. The Bertz CT molecular complexity index is 1050. The molecule has 1 aromatic carbocycles. The number of hydrogen-bond donors (Lipinski definition) is 1. The molecule has 1 fully saturated rings. The molecule has 0 aliphatic carbocycles. The fourth-order valence-electron chi connectivity index (χ4n) is 3.86. The van der Waals surface area contributed by atoms with Gasteiger partial charge >= 0.3 is 5.97 Å². The van der Waals surface area contributed by atoms with Crippen LogP contribution in [0.3, 0.4) is 0 Å². The zero-order valence-electron chi connectivity index (χ0n) is 17.4. The van der Waals surface area contributed by atoms with E-state index >= 15 is 0 Å². The highest BCUT2D eigenvalue weighted by molar-refractivity contribution is 7.80. The molecule has 2 atom stereocenters. The van der Waals surface area contributed by atoms with Crippen molar-refractivity contribution in [2.45, 2.75) is 19.0 Å². The number of thiocarbonyl (C=S) groups is 1. The van der Waals surface area contributed by atoms with Crippen LogP contribution in [0, 0.1) is 0 Å². The maximum Gasteiger partial charge on any atom is 0.325 e. The molecule has 31 heavy (non-hydrogen) atoms. The number of nitrogens with zero attached hydrogens (tertiary/aromatic N) is 3. The van der Waals surface area contributed by atoms with E-state index in [0.717, 1.165) is 22.8 Å². The normalized spacial score (nSPS) is 18.0. The van der Waals surface area contributed by atoms with Crippen molar-refractivity contribution in [2.75, 3.05) is 20.3 Å². The monoisotopic (exact) mass is 436 g/mol. The summed E-state index contributed by atoms with van der Waals surface area (Å²) in [6.45, 7) is 2.17. The van der Waals surface area contributed by atoms with Crippen LogP contribution < -0.4 is 10.1 Å². The van der Waals surface area contributed by atoms with Gasteiger partial charge in [0.05, 0.1) is 31.5 Å². The standard InChI is InChI=1S/C23H24N4O3S/c1-3-30-20(28)15-27-22(21(25-23(27)31)18-7-4-5-13-24-18)19-8-6-14-26(19)16-9-11-17(29-2)12-10-16/h4-14,21-22H,3,15H2,1-2H3,(H,25,31)/t21-,22+/m0/s1. The first-order valence-corrected chi connectivity index (χ1v) is 10.5. The number of methoxy groups -OCH3 is 1. The SMILES string of the molecule is CCOC(=O)CN1C(=S)N[C@@H](c2ccccn2)[C@H]1c1cccn1-c1ccc(OC)cc1. The molecule has 0 bridgehead atoms. The third-order valence-electron chi connectivity index (χ3n) is 5.24. The molecule has 0 amide bonds. The molecule has 1 aliphatic heterocycles. The topological polar surface area (TPSA) is 68.6 Å². The fourth-order valence-corrected chi connectivity index (χ4v) is 4.16. The smallest absolute Gasteiger partial charge is 0.325 e. The molecule has 1 saturated heterocycles. The largest absolute Gasteiger partial charge is 0.497 e. The Morgan fingerprint density at radius 1 is 1.16 bits per heavy atom. The minimum atomic E-state index is -0.319. The summed E-state index contributed by atoms with van der Waals surface area (Å²) < 4.78 is 12.6. The third-order valence-corrected chi connectivity index (χ3v) is 5.59. The molecule has 3 aromatic rings. The van der Waals surface area contributed by atoms with Gasteiger partial charge in [-0.3, -0.25) is 9.78 Å². The lowest BCUT2D eigenvalue weighted by atomic mass is 10.0. The van der Waals surface area contributed by atoms with E-state index in [4.69, 9.17) is 21.7 Å². The summed E-state index contributed by atoms with van der Waals surface area (Å²) in [5.74, 6) is 0.470. The number of rotatable bonds is 7. The minimum Gasteiger partial charge on any atom is -0.497 e. The van der Waals surface area contributed by atoms with Gasteiger partial charge in [0.25, 0.3) is 0 Å². The number of esters is 1. The maximum atomic E-state index is 12.3. The van der Waals surface area contributed by atoms with Crippen LogP contribution >= 0.6 is 12.2 Å². The van der Waals surface area contributed by atoms with Gasteiger partial charge in [0.2, 0.25) is 0 Å². The van der Waals surface area contributed by atoms with Crippen LogP contribution in [0.1, 0.15) is 30.4 Å². The summed E-state index contributed by atoms with van der Waals surface area (Å²) in [4.78, 5) is 18.8. The first-order chi connectivity index (χ1) is 15.1. The van der Waals surface area contributed by atoms with E-state index in [1.165, 1.54) is 0 Å². The third kappa shape index (κ3) is 4.25. The lowest BCUT2D eigenvalue weighted by Gasteiger charge is -2.28. The van der Waals surface area contributed by atoms with Gasteiger partial charge in [0.1, 0.15) is 12.3 Å². The van der Waals surface area contributed by atoms with E-state index in [-0.39, 0.29) is 24.6 Å². The van der Waals surface area contributed by atoms with Crippen LogP contribution in [0.5, 0.6) is 5.75 Å². The Morgan fingerprint density at radius 3 is 2.65 bits per heavy atom. The Balaban J connectivity index is 1.76. The highest BCUT2D eigenvalue weighted by atomic mass is 32.1. The van der Waals surface area contributed by atoms with E-state index in [1.807, 2.05) is 65.7 Å². The van der Waals surface area contributed by atoms with Crippen LogP contribution in [0.25, 0.3) is 5.69 Å². The molecular formula is C23H24N4O3S. The molecule has 3 heterocycles. The van der Waals surface area contributed by atoms with Gasteiger partial charge in [0, 0.05) is 23.8 Å². The lowest BCUT2D eigenvalue weighted by molar-refractivity contribution is -0.143. The van der Waals surface area contributed by atoms with Crippen molar-refractivity contribution >= 4 is 23.3 Å². The van der Waals surface area contributed by atoms with Crippen molar-refractivity contribution in [3.8, 4) is 11.4 Å². The summed E-state index contributed by atoms with van der Waals surface area (Å²) in [7, 11) is 1.64. The quantitative estimate of drug-likeness (QED) is 0.450. The van der Waals surface area contributed by atoms with E-state index < -0.39 is 0 Å². The second-order valence-corrected chi connectivity index (χ2v) is 7.45. The Morgan fingerprint density at radius 2 is 1.97 bits per heavy atom. The van der Waals surface area contributed by atoms with Crippen LogP contribution in [0.15, 0.2) is 67.0 Å². The van der Waals surface area contributed by atoms with E-state index in [2.05, 4.69) is 14.9 Å². The first kappa shape index (κ1) is 20.9. The summed E-state index contributed by atoms with van der Waals surface area (Å²) in [6, 6.07) is 17.2. The Labute approximate surface area is 186 Å². The second-order valence-electron chi connectivity index (χ2n) is 7.06. The number of hydrogen-bond acceptors (Lipinski definition) is 5. The Kier molecular flexibility index (Phi) is 6.18. The van der Waals surface area contributed by atoms with Gasteiger partial charge in [-0.05, 0) is 67.7 Å². The van der Waals surface area contributed by atoms with Gasteiger partial charge in [-0.25, -0.2) is 0 Å². The molecule has 4 rings (SSSR count). The predicted octanol–water partition coefficient (Wildman–Crippen LogP) is 3.42. The van der Waals surface area contributed by atoms with Crippen LogP contribution in [0.4, 0.5) is 0 Å². The number of aromatic nitrogens is 2. The van der Waals surface area contributed by atoms with Crippen LogP contribution in [-0.2, 0) is 9.53 Å². The zero-order chi connectivity index (χ0) is 21.8. The molecule has 7 nitrogen and oxygen atoms in total. The Hall–Kier alpha value is -3.39. The highest BCUT2D eigenvalue weighted by Gasteiger charge is 2.42. The van der Waals surface area contributed by atoms with Crippen molar-refractivity contribution < 1.29 is 14.3 Å². The fraction of sp³-hybridized carbons (Fsp3) is 0.261. The first-order valence-electron chi connectivity index (χ1n) is 10.1. The summed E-state index contributed by atoms with van der Waals surface area (Å²) >= 11 is 5.62. The van der Waals surface area contributed by atoms with E-state index in [1.54, 1.807) is 20.2 Å². The highest BCUT2D eigenvalue weighted by Crippen LogP contribution is 2.39. The summed E-state index contributed by atoms with van der Waals surface area (Å²) in [6.07, 6.45) is 3.75. The van der Waals surface area contributed by atoms with Crippen molar-refractivity contribution in [2.24, 2.45) is 0 Å². The molecule has 8 heteroatoms. The van der Waals surface area contributed by atoms with E-state index in [9.17, 15) is 4.79 Å². The molecule has 0 unspecified atom stereocenters. The van der Waals surface area contributed by atoms with E-state index in [0.29, 0.717) is 11.7 Å². The second kappa shape index (κ2) is 9.18. The van der Waals surface area contributed by atoms with Gasteiger partial charge in [0.15, 0.2) is 5.11 Å². The van der Waals surface area contributed by atoms with Crippen LogP contribution in [-0.4, -0.2) is 45.8 Å². The molecule has 0 spiro atoms. The zero-order valence-corrected chi connectivity index (χ0v) is 18.2. The summed E-state index contributed by atoms with van der Waals surface area (Å²) in [5.41, 5.74) is 2.82. The van der Waals surface area contributed by atoms with Crippen molar-refractivity contribution in [1.29, 1.82) is 0 Å². The number of benzene rings is 1. The van der Waals surface area contributed by atoms with Crippen molar-refractivity contribution in [3.05, 3.63) is 78.4 Å². The minimum absolute atomic E-state index is 0.0570. The lowest BCUT2D eigenvalue weighted by Crippen LogP contribution is -2.36. The molecule has 0 saturated carbocycles. The molecule has 160 valence electrons. The summed E-state index contributed by atoms with van der Waals surface area (Å²) in [5, 5.41) is 3.85. The van der Waals surface area contributed by atoms with Crippen molar-refractivity contribution in [3.63, 3.8) is 0 Å². The number of nitrogens with one attached hydrogen (secondary N) is 1. The predicted molar refractivity (Wildman–Crippen MR) is 121 cm³/mol. The van der Waals surface area contributed by atoms with Gasteiger partial charge in [-0.2, -0.15) is 0 Å². The molecule has 1 aliphatic rings. The number of pyridine rings is 1. The van der Waals surface area contributed by atoms with Gasteiger partial charge < -0.3 is 24.3 Å².